The van der Waals surface area contributed by atoms with Gasteiger partial charge < -0.3 is 0 Å². The van der Waals surface area contributed by atoms with E-state index < -0.39 is 0 Å². The molecule has 0 saturated heterocycles. The maximum Gasteiger partial charge on any atom is 0.0362 e. The first-order valence-electron chi connectivity index (χ1n) is 17.1. The minimum atomic E-state index is 1.23. The second-order valence-corrected chi connectivity index (χ2v) is 15.4. The van der Waals surface area contributed by atoms with E-state index in [0.717, 1.165) is 0 Å². The van der Waals surface area contributed by atoms with Gasteiger partial charge in [-0.15, -0.1) is 22.7 Å². The van der Waals surface area contributed by atoms with Gasteiger partial charge in [0.25, 0.3) is 0 Å². The second-order valence-electron chi connectivity index (χ2n) is 13.2. The van der Waals surface area contributed by atoms with Gasteiger partial charge in [0.15, 0.2) is 0 Å². The minimum Gasteiger partial charge on any atom is -0.135 e. The largest absolute Gasteiger partial charge is 0.135 e. The van der Waals surface area contributed by atoms with Gasteiger partial charge in [0.05, 0.1) is 0 Å². The van der Waals surface area contributed by atoms with Crippen LogP contribution >= 0.6 is 22.7 Å². The van der Waals surface area contributed by atoms with Crippen LogP contribution in [0.15, 0.2) is 170 Å². The molecule has 11 aromatic rings. The summed E-state index contributed by atoms with van der Waals surface area (Å²) in [4.78, 5) is 0. The molecule has 2 heterocycles. The van der Waals surface area contributed by atoms with Crippen LogP contribution in [-0.2, 0) is 0 Å². The number of fused-ring (bicyclic) bond motifs is 10. The van der Waals surface area contributed by atoms with Crippen LogP contribution in [0.5, 0.6) is 0 Å². The van der Waals surface area contributed by atoms with Crippen molar-refractivity contribution in [3.8, 4) is 33.4 Å². The zero-order chi connectivity index (χ0) is 32.8. The molecule has 9 aromatic carbocycles. The molecule has 0 radical (unpaired) electrons. The lowest BCUT2D eigenvalue weighted by atomic mass is 9.85. The fourth-order valence-corrected chi connectivity index (χ4v) is 10.5. The van der Waals surface area contributed by atoms with Crippen LogP contribution in [0.1, 0.15) is 0 Å². The molecular formula is C48H28S2. The molecule has 2 aromatic heterocycles. The number of benzene rings is 9. The lowest BCUT2D eigenvalue weighted by molar-refractivity contribution is 1.61. The first-order valence-corrected chi connectivity index (χ1v) is 18.7. The normalized spacial score (nSPS) is 12.0. The van der Waals surface area contributed by atoms with E-state index in [4.69, 9.17) is 0 Å². The van der Waals surface area contributed by atoms with Crippen molar-refractivity contribution in [2.24, 2.45) is 0 Å². The molecule has 0 aliphatic carbocycles. The van der Waals surface area contributed by atoms with Gasteiger partial charge in [-0.2, -0.15) is 0 Å². The maximum atomic E-state index is 2.45. The Hall–Kier alpha value is -5.80. The summed E-state index contributed by atoms with van der Waals surface area (Å²) in [6, 6.07) is 63.0. The Bertz CT molecular complexity index is 3070. The van der Waals surface area contributed by atoms with Gasteiger partial charge in [-0.25, -0.2) is 0 Å². The van der Waals surface area contributed by atoms with Gasteiger partial charge in [-0.05, 0) is 90.0 Å². The molecule has 0 atom stereocenters. The van der Waals surface area contributed by atoms with Crippen molar-refractivity contribution in [1.82, 2.24) is 0 Å². The molecule has 0 amide bonds. The number of thiophene rings is 2. The minimum absolute atomic E-state index is 1.23. The number of rotatable bonds is 3. The summed E-state index contributed by atoms with van der Waals surface area (Å²) in [6.07, 6.45) is 0. The van der Waals surface area contributed by atoms with Crippen molar-refractivity contribution in [3.63, 3.8) is 0 Å². The van der Waals surface area contributed by atoms with Crippen LogP contribution in [0.25, 0.3) is 106 Å². The molecule has 0 unspecified atom stereocenters. The molecule has 0 nitrogen and oxygen atoms in total. The van der Waals surface area contributed by atoms with E-state index in [1.807, 2.05) is 22.7 Å². The highest BCUT2D eigenvalue weighted by Gasteiger charge is 2.18. The molecule has 2 heteroatoms. The summed E-state index contributed by atoms with van der Waals surface area (Å²) < 4.78 is 5.40. The SMILES string of the molecule is c1ccc(-c2ccc(-c3c4ccccc4c(-c4ccc5c(c4)sc4cc6c(cc45)sc4ccc5ccccc5c46)c4ccccc34)cc2)cc1. The lowest BCUT2D eigenvalue weighted by Crippen LogP contribution is -1.90. The fourth-order valence-electron chi connectivity index (χ4n) is 8.18. The first-order chi connectivity index (χ1) is 24.8. The van der Waals surface area contributed by atoms with Crippen LogP contribution in [0.4, 0.5) is 0 Å². The Morgan fingerprint density at radius 2 is 0.760 bits per heavy atom. The maximum absolute atomic E-state index is 2.45. The van der Waals surface area contributed by atoms with Gasteiger partial charge >= 0.3 is 0 Å². The average molecular weight is 669 g/mol. The standard InChI is InChI=1S/C48H28S2/c1-2-10-29(11-3-1)30-18-20-32(21-19-30)46-36-14-6-8-16-38(36)47(39-17-9-7-15-37(39)46)33-22-24-35-40-27-45-41(28-44(40)50-43(35)26-33)48-34-13-5-4-12-31(34)23-25-42(48)49-45/h1-28H. The number of hydrogen-bond donors (Lipinski definition) is 0. The molecule has 232 valence electrons. The Balaban J connectivity index is 1.11. The average Bonchev–Trinajstić information content (AvgIpc) is 3.73. The third-order valence-electron chi connectivity index (χ3n) is 10.5. The fraction of sp³-hybridized carbons (Fsp3) is 0. The number of hydrogen-bond acceptors (Lipinski definition) is 2. The van der Waals surface area contributed by atoms with E-state index in [2.05, 4.69) is 170 Å². The molecular weight excluding hydrogens is 641 g/mol. The molecule has 0 bridgehead atoms. The van der Waals surface area contributed by atoms with Crippen molar-refractivity contribution in [2.45, 2.75) is 0 Å². The van der Waals surface area contributed by atoms with Gasteiger partial charge in [-0.3, -0.25) is 0 Å². The smallest absolute Gasteiger partial charge is 0.0362 e. The molecule has 0 spiro atoms. The van der Waals surface area contributed by atoms with E-state index in [-0.39, 0.29) is 0 Å². The molecule has 11 rings (SSSR count). The quantitative estimate of drug-likeness (QED) is 0.164. The summed E-state index contributed by atoms with van der Waals surface area (Å²) in [7, 11) is 0. The Morgan fingerprint density at radius 1 is 0.260 bits per heavy atom. The van der Waals surface area contributed by atoms with E-state index in [0.29, 0.717) is 0 Å². The van der Waals surface area contributed by atoms with Gasteiger partial charge in [0, 0.05) is 40.3 Å². The van der Waals surface area contributed by atoms with Crippen molar-refractivity contribution < 1.29 is 0 Å². The van der Waals surface area contributed by atoms with Gasteiger partial charge in [0.1, 0.15) is 0 Å². The topological polar surface area (TPSA) is 0 Å². The summed E-state index contributed by atoms with van der Waals surface area (Å²) in [5, 5.41) is 13.2. The lowest BCUT2D eigenvalue weighted by Gasteiger charge is -2.18. The summed E-state index contributed by atoms with van der Waals surface area (Å²) in [6.45, 7) is 0. The van der Waals surface area contributed by atoms with Crippen LogP contribution in [0, 0.1) is 0 Å². The molecule has 50 heavy (non-hydrogen) atoms. The molecule has 0 saturated carbocycles. The van der Waals surface area contributed by atoms with Gasteiger partial charge in [0.2, 0.25) is 0 Å². The van der Waals surface area contributed by atoms with E-state index in [9.17, 15) is 0 Å². The molecule has 0 aliphatic heterocycles. The van der Waals surface area contributed by atoms with E-state index >= 15 is 0 Å². The predicted molar refractivity (Wildman–Crippen MR) is 221 cm³/mol. The van der Waals surface area contributed by atoms with Crippen LogP contribution in [0.3, 0.4) is 0 Å². The Labute approximate surface area is 297 Å². The Morgan fingerprint density at radius 3 is 1.48 bits per heavy atom. The van der Waals surface area contributed by atoms with Crippen molar-refractivity contribution in [1.29, 1.82) is 0 Å². The third kappa shape index (κ3) is 4.16. The predicted octanol–water partition coefficient (Wildman–Crippen LogP) is 14.9. The summed E-state index contributed by atoms with van der Waals surface area (Å²) in [5.41, 5.74) is 7.57. The highest BCUT2D eigenvalue weighted by molar-refractivity contribution is 7.27. The molecule has 0 aliphatic rings. The van der Waals surface area contributed by atoms with Crippen LogP contribution < -0.4 is 0 Å². The van der Waals surface area contributed by atoms with E-state index in [1.54, 1.807) is 0 Å². The zero-order valence-corrected chi connectivity index (χ0v) is 28.6. The van der Waals surface area contributed by atoms with Crippen molar-refractivity contribution >= 4 is 95.3 Å². The third-order valence-corrected chi connectivity index (χ3v) is 12.7. The molecule has 0 N–H and O–H groups in total. The van der Waals surface area contributed by atoms with Gasteiger partial charge in [-0.1, -0.05) is 146 Å². The first kappa shape index (κ1) is 28.1. The summed E-state index contributed by atoms with van der Waals surface area (Å²) in [5.74, 6) is 0. The second kappa shape index (κ2) is 10.9. The monoisotopic (exact) mass is 668 g/mol. The zero-order valence-electron chi connectivity index (χ0n) is 27.0. The van der Waals surface area contributed by atoms with Crippen LogP contribution in [-0.4, -0.2) is 0 Å². The van der Waals surface area contributed by atoms with Crippen molar-refractivity contribution in [2.75, 3.05) is 0 Å². The summed E-state index contributed by atoms with van der Waals surface area (Å²) >= 11 is 3.83. The van der Waals surface area contributed by atoms with Crippen LogP contribution in [0.2, 0.25) is 0 Å². The Kier molecular flexibility index (Phi) is 6.09. The molecule has 0 fully saturated rings. The highest BCUT2D eigenvalue weighted by Crippen LogP contribution is 2.47. The van der Waals surface area contributed by atoms with E-state index in [1.165, 1.54) is 106 Å². The van der Waals surface area contributed by atoms with Crippen molar-refractivity contribution in [3.05, 3.63) is 170 Å². The highest BCUT2D eigenvalue weighted by atomic mass is 32.1.